The molecule has 0 aromatic heterocycles. The Bertz CT molecular complexity index is 198. The second-order valence-corrected chi connectivity index (χ2v) is 3.12. The summed E-state index contributed by atoms with van der Waals surface area (Å²) in [5.41, 5.74) is 0. The van der Waals surface area contributed by atoms with Crippen LogP contribution in [-0.4, -0.2) is 37.5 Å². The maximum Gasteiger partial charge on any atom is 0.221 e. The van der Waals surface area contributed by atoms with Crippen LogP contribution in [0.3, 0.4) is 0 Å². The molecule has 0 aromatic carbocycles. The lowest BCUT2D eigenvalue weighted by atomic mass is 10.2. The average molecular weight is 183 g/mol. The predicted octanol–water partition coefficient (Wildman–Crippen LogP) is 0.356. The van der Waals surface area contributed by atoms with Crippen LogP contribution in [-0.2, 0) is 4.79 Å². The molecule has 13 heavy (non-hydrogen) atoms. The lowest BCUT2D eigenvalue weighted by Gasteiger charge is -2.21. The Hall–Kier alpha value is -1.08. The number of nitriles is 1. The molecule has 0 spiro atoms. The van der Waals surface area contributed by atoms with Crippen molar-refractivity contribution in [2.75, 3.05) is 20.6 Å². The molecule has 0 bridgehead atoms. The molecule has 1 unspecified atom stereocenters. The van der Waals surface area contributed by atoms with E-state index in [2.05, 4.69) is 11.4 Å². The maximum atomic E-state index is 10.9. The van der Waals surface area contributed by atoms with E-state index in [1.807, 2.05) is 18.9 Å². The molecule has 74 valence electrons. The molecular formula is C9H17N3O. The molecule has 1 amide bonds. The zero-order valence-electron chi connectivity index (χ0n) is 8.50. The molecular weight excluding hydrogens is 166 g/mol. The summed E-state index contributed by atoms with van der Waals surface area (Å²) in [7, 11) is 3.55. The Morgan fingerprint density at radius 1 is 1.69 bits per heavy atom. The van der Waals surface area contributed by atoms with E-state index in [1.54, 1.807) is 7.05 Å². The van der Waals surface area contributed by atoms with Gasteiger partial charge < -0.3 is 10.2 Å². The Kier molecular flexibility index (Phi) is 5.90. The molecule has 4 heteroatoms. The molecule has 0 aromatic rings. The van der Waals surface area contributed by atoms with Crippen molar-refractivity contribution in [3.05, 3.63) is 0 Å². The largest absolute Gasteiger partial charge is 0.359 e. The van der Waals surface area contributed by atoms with Crippen molar-refractivity contribution >= 4 is 5.91 Å². The van der Waals surface area contributed by atoms with Gasteiger partial charge in [-0.15, -0.1) is 0 Å². The maximum absolute atomic E-state index is 10.9. The lowest BCUT2D eigenvalue weighted by molar-refractivity contribution is -0.120. The number of rotatable bonds is 5. The molecule has 1 atom stereocenters. The van der Waals surface area contributed by atoms with Crippen LogP contribution in [0.5, 0.6) is 0 Å². The van der Waals surface area contributed by atoms with Crippen molar-refractivity contribution in [1.29, 1.82) is 5.26 Å². The third kappa shape index (κ3) is 5.21. The van der Waals surface area contributed by atoms with Crippen LogP contribution in [0.25, 0.3) is 0 Å². The lowest BCUT2D eigenvalue weighted by Crippen LogP contribution is -2.32. The highest BCUT2D eigenvalue weighted by Crippen LogP contribution is 2.00. The summed E-state index contributed by atoms with van der Waals surface area (Å²) < 4.78 is 0. The van der Waals surface area contributed by atoms with E-state index < -0.39 is 0 Å². The van der Waals surface area contributed by atoms with Crippen molar-refractivity contribution in [2.45, 2.75) is 25.8 Å². The number of carbonyl (C=O) groups excluding carboxylic acids is 1. The molecule has 0 saturated heterocycles. The molecule has 0 aliphatic heterocycles. The highest BCUT2D eigenvalue weighted by molar-refractivity contribution is 5.75. The Labute approximate surface area is 79.5 Å². The van der Waals surface area contributed by atoms with Gasteiger partial charge in [0.1, 0.15) is 0 Å². The molecule has 0 fully saturated rings. The van der Waals surface area contributed by atoms with Crippen molar-refractivity contribution in [2.24, 2.45) is 0 Å². The second-order valence-electron chi connectivity index (χ2n) is 3.12. The van der Waals surface area contributed by atoms with E-state index in [9.17, 15) is 4.79 Å². The number of carbonyl (C=O) groups is 1. The van der Waals surface area contributed by atoms with Crippen LogP contribution in [0.1, 0.15) is 19.8 Å². The number of amides is 1. The van der Waals surface area contributed by atoms with E-state index in [1.165, 1.54) is 0 Å². The van der Waals surface area contributed by atoms with Crippen LogP contribution in [0.15, 0.2) is 0 Å². The predicted molar refractivity (Wildman–Crippen MR) is 51.0 cm³/mol. The molecule has 0 heterocycles. The molecule has 0 saturated carbocycles. The topological polar surface area (TPSA) is 56.1 Å². The number of hydrogen-bond acceptors (Lipinski definition) is 3. The summed E-state index contributed by atoms with van der Waals surface area (Å²) in [6, 6.07) is 2.33. The normalized spacial score (nSPS) is 12.2. The highest BCUT2D eigenvalue weighted by Gasteiger charge is 2.09. The zero-order chi connectivity index (χ0) is 10.3. The fourth-order valence-electron chi connectivity index (χ4n) is 0.911. The fourth-order valence-corrected chi connectivity index (χ4v) is 0.911. The number of nitrogens with zero attached hydrogens (tertiary/aromatic N) is 2. The first kappa shape index (κ1) is 11.9. The van der Waals surface area contributed by atoms with E-state index in [0.29, 0.717) is 19.4 Å². The first-order chi connectivity index (χ1) is 6.11. The Morgan fingerprint density at radius 2 is 2.31 bits per heavy atom. The fraction of sp³-hybridized carbons (Fsp3) is 0.778. The van der Waals surface area contributed by atoms with Crippen molar-refractivity contribution in [1.82, 2.24) is 10.2 Å². The van der Waals surface area contributed by atoms with E-state index >= 15 is 0 Å². The third-order valence-corrected chi connectivity index (χ3v) is 2.11. The summed E-state index contributed by atoms with van der Waals surface area (Å²) in [6.45, 7) is 2.68. The summed E-state index contributed by atoms with van der Waals surface area (Å²) in [6.07, 6.45) is 0.993. The van der Waals surface area contributed by atoms with Crippen LogP contribution in [0.4, 0.5) is 0 Å². The zero-order valence-corrected chi connectivity index (χ0v) is 8.50. The highest BCUT2D eigenvalue weighted by atomic mass is 16.1. The van der Waals surface area contributed by atoms with Crippen LogP contribution >= 0.6 is 0 Å². The van der Waals surface area contributed by atoms with Crippen LogP contribution in [0, 0.1) is 11.3 Å². The Morgan fingerprint density at radius 3 is 2.77 bits per heavy atom. The first-order valence-corrected chi connectivity index (χ1v) is 4.39. The average Bonchev–Trinajstić information content (AvgIpc) is 2.13. The van der Waals surface area contributed by atoms with Gasteiger partial charge in [-0.05, 0) is 14.0 Å². The molecule has 4 nitrogen and oxygen atoms in total. The monoisotopic (exact) mass is 183 g/mol. The minimum absolute atomic E-state index is 0.0380. The minimum atomic E-state index is 0.0380. The standard InChI is InChI=1S/C9H17N3O/c1-8(4-6-10)12(3)7-5-9(13)11-2/h8H,4-5,7H2,1-3H3,(H,11,13). The SMILES string of the molecule is CNC(=O)CCN(C)C(C)CC#N. The van der Waals surface area contributed by atoms with Gasteiger partial charge in [0.2, 0.25) is 5.91 Å². The second kappa shape index (κ2) is 6.44. The third-order valence-electron chi connectivity index (χ3n) is 2.11. The molecule has 0 aliphatic rings. The van der Waals surface area contributed by atoms with Gasteiger partial charge in [0.05, 0.1) is 12.5 Å². The van der Waals surface area contributed by atoms with Gasteiger partial charge in [-0.3, -0.25) is 4.79 Å². The van der Waals surface area contributed by atoms with Crippen LogP contribution in [0.2, 0.25) is 0 Å². The summed E-state index contributed by atoms with van der Waals surface area (Å²) >= 11 is 0. The van der Waals surface area contributed by atoms with Gasteiger partial charge in [0.25, 0.3) is 0 Å². The molecule has 0 rings (SSSR count). The quantitative estimate of drug-likeness (QED) is 0.669. The van der Waals surface area contributed by atoms with Gasteiger partial charge in [0, 0.05) is 26.1 Å². The Balaban J connectivity index is 3.68. The number of nitrogens with one attached hydrogen (secondary N) is 1. The van der Waals surface area contributed by atoms with Gasteiger partial charge in [0.15, 0.2) is 0 Å². The molecule has 1 N–H and O–H groups in total. The van der Waals surface area contributed by atoms with Gasteiger partial charge in [-0.1, -0.05) is 0 Å². The van der Waals surface area contributed by atoms with Crippen molar-refractivity contribution in [3.8, 4) is 6.07 Å². The van der Waals surface area contributed by atoms with E-state index in [4.69, 9.17) is 5.26 Å². The van der Waals surface area contributed by atoms with E-state index in [-0.39, 0.29) is 11.9 Å². The van der Waals surface area contributed by atoms with Gasteiger partial charge in [-0.2, -0.15) is 5.26 Å². The smallest absolute Gasteiger partial charge is 0.221 e. The van der Waals surface area contributed by atoms with E-state index in [0.717, 1.165) is 0 Å². The summed E-state index contributed by atoms with van der Waals surface area (Å²) in [4.78, 5) is 12.9. The number of hydrogen-bond donors (Lipinski definition) is 1. The van der Waals surface area contributed by atoms with Gasteiger partial charge >= 0.3 is 0 Å². The summed E-state index contributed by atoms with van der Waals surface area (Å²) in [5.74, 6) is 0.0380. The minimum Gasteiger partial charge on any atom is -0.359 e. The van der Waals surface area contributed by atoms with Crippen molar-refractivity contribution in [3.63, 3.8) is 0 Å². The molecule has 0 aliphatic carbocycles. The van der Waals surface area contributed by atoms with Crippen LogP contribution < -0.4 is 5.32 Å². The molecule has 0 radical (unpaired) electrons. The van der Waals surface area contributed by atoms with Gasteiger partial charge in [-0.25, -0.2) is 0 Å². The first-order valence-electron chi connectivity index (χ1n) is 4.39. The van der Waals surface area contributed by atoms with Crippen molar-refractivity contribution < 1.29 is 4.79 Å². The summed E-state index contributed by atoms with van der Waals surface area (Å²) in [5, 5.41) is 11.0.